The summed E-state index contributed by atoms with van der Waals surface area (Å²) in [5, 5.41) is 6.76. The van der Waals surface area contributed by atoms with Crippen LogP contribution in [0.3, 0.4) is 0 Å². The van der Waals surface area contributed by atoms with Crippen LogP contribution in [0.25, 0.3) is 0 Å². The van der Waals surface area contributed by atoms with Crippen molar-refractivity contribution in [3.8, 4) is 0 Å². The lowest BCUT2D eigenvalue weighted by Crippen LogP contribution is -2.46. The molecule has 6 heteroatoms. The Morgan fingerprint density at radius 3 is 2.75 bits per heavy atom. The highest BCUT2D eigenvalue weighted by Gasteiger charge is 2.42. The number of aryl methyl sites for hydroxylation is 1. The molecule has 0 spiro atoms. The molecule has 16 heavy (non-hydrogen) atoms. The van der Waals surface area contributed by atoms with E-state index in [4.69, 9.17) is 0 Å². The Bertz CT molecular complexity index is 358. The van der Waals surface area contributed by atoms with E-state index in [0.717, 1.165) is 0 Å². The van der Waals surface area contributed by atoms with Crippen molar-refractivity contribution in [1.29, 1.82) is 0 Å². The van der Waals surface area contributed by atoms with Crippen molar-refractivity contribution in [2.75, 3.05) is 0 Å². The Kier molecular flexibility index (Phi) is 2.92. The number of piperidine rings is 1. The summed E-state index contributed by atoms with van der Waals surface area (Å²) >= 11 is 0. The van der Waals surface area contributed by atoms with E-state index in [-0.39, 0.29) is 12.5 Å². The van der Waals surface area contributed by atoms with E-state index in [1.807, 2.05) is 0 Å². The van der Waals surface area contributed by atoms with Crippen molar-refractivity contribution in [2.24, 2.45) is 7.05 Å². The van der Waals surface area contributed by atoms with Gasteiger partial charge in [-0.1, -0.05) is 0 Å². The van der Waals surface area contributed by atoms with Gasteiger partial charge in [-0.25, -0.2) is 0 Å². The Morgan fingerprint density at radius 2 is 2.19 bits per heavy atom. The van der Waals surface area contributed by atoms with Gasteiger partial charge in [0.2, 0.25) is 0 Å². The largest absolute Gasteiger partial charge is 0.403 e. The molecule has 0 amide bonds. The quantitative estimate of drug-likeness (QED) is 0.805. The number of aromatic nitrogens is 2. The summed E-state index contributed by atoms with van der Waals surface area (Å²) in [6, 6.07) is 0.0889. The highest BCUT2D eigenvalue weighted by atomic mass is 19.4. The fourth-order valence-corrected chi connectivity index (χ4v) is 2.05. The lowest BCUT2D eigenvalue weighted by atomic mass is 9.96. The van der Waals surface area contributed by atoms with E-state index < -0.39 is 12.2 Å². The first-order chi connectivity index (χ1) is 7.47. The summed E-state index contributed by atoms with van der Waals surface area (Å²) in [4.78, 5) is 0. The van der Waals surface area contributed by atoms with Crippen LogP contribution in [0.2, 0.25) is 0 Å². The molecule has 2 unspecified atom stereocenters. The summed E-state index contributed by atoms with van der Waals surface area (Å²) in [5.41, 5.74) is 0.691. The van der Waals surface area contributed by atoms with Gasteiger partial charge in [0.05, 0.1) is 11.7 Å². The van der Waals surface area contributed by atoms with Crippen LogP contribution in [-0.2, 0) is 7.05 Å². The van der Waals surface area contributed by atoms with Gasteiger partial charge in [0.1, 0.15) is 6.04 Å². The molecule has 1 aliphatic rings. The van der Waals surface area contributed by atoms with Crippen LogP contribution in [-0.4, -0.2) is 22.0 Å². The summed E-state index contributed by atoms with van der Waals surface area (Å²) in [6.45, 7) is 0. The Balaban J connectivity index is 2.07. The van der Waals surface area contributed by atoms with Gasteiger partial charge in [-0.3, -0.25) is 10.00 Å². The zero-order chi connectivity index (χ0) is 11.8. The zero-order valence-corrected chi connectivity index (χ0v) is 8.96. The fourth-order valence-electron chi connectivity index (χ4n) is 2.05. The molecule has 2 atom stereocenters. The predicted octanol–water partition coefficient (Wildman–Crippen LogP) is 2.17. The van der Waals surface area contributed by atoms with Crippen LogP contribution in [0.1, 0.15) is 31.0 Å². The van der Waals surface area contributed by atoms with Crippen molar-refractivity contribution in [3.05, 3.63) is 18.0 Å². The van der Waals surface area contributed by atoms with Crippen LogP contribution in [0.15, 0.2) is 12.3 Å². The van der Waals surface area contributed by atoms with Gasteiger partial charge in [0, 0.05) is 13.2 Å². The van der Waals surface area contributed by atoms with Crippen LogP contribution in [0, 0.1) is 0 Å². The van der Waals surface area contributed by atoms with Gasteiger partial charge >= 0.3 is 6.18 Å². The molecule has 90 valence electrons. The van der Waals surface area contributed by atoms with Gasteiger partial charge in [0.25, 0.3) is 0 Å². The van der Waals surface area contributed by atoms with Crippen molar-refractivity contribution in [3.63, 3.8) is 0 Å². The molecule has 1 fully saturated rings. The zero-order valence-electron chi connectivity index (χ0n) is 8.96. The third-order valence-corrected chi connectivity index (χ3v) is 2.87. The van der Waals surface area contributed by atoms with Crippen LogP contribution < -0.4 is 5.32 Å². The number of nitrogens with zero attached hydrogens (tertiary/aromatic N) is 2. The Morgan fingerprint density at radius 1 is 1.44 bits per heavy atom. The maximum atomic E-state index is 12.5. The average molecular weight is 233 g/mol. The smallest absolute Gasteiger partial charge is 0.298 e. The maximum Gasteiger partial charge on any atom is 0.403 e. The Hall–Kier alpha value is -1.04. The molecule has 0 radical (unpaired) electrons. The molecule has 1 aromatic rings. The van der Waals surface area contributed by atoms with Crippen molar-refractivity contribution in [1.82, 2.24) is 15.1 Å². The monoisotopic (exact) mass is 233 g/mol. The molecule has 2 heterocycles. The minimum atomic E-state index is -4.16. The van der Waals surface area contributed by atoms with E-state index in [1.165, 1.54) is 0 Å². The van der Waals surface area contributed by atoms with Gasteiger partial charge in [-0.05, 0) is 25.3 Å². The van der Waals surface area contributed by atoms with Crippen LogP contribution in [0.4, 0.5) is 13.2 Å². The number of nitrogens with one attached hydrogen (secondary N) is 1. The van der Waals surface area contributed by atoms with Gasteiger partial charge in [-0.15, -0.1) is 0 Å². The number of rotatable bonds is 1. The van der Waals surface area contributed by atoms with Crippen molar-refractivity contribution >= 4 is 0 Å². The molecular formula is C10H14F3N3. The lowest BCUT2D eigenvalue weighted by Gasteiger charge is -2.31. The summed E-state index contributed by atoms with van der Waals surface area (Å²) in [5.74, 6) is 0. The molecule has 0 aromatic carbocycles. The second kappa shape index (κ2) is 4.08. The van der Waals surface area contributed by atoms with E-state index in [2.05, 4.69) is 10.4 Å². The molecule has 1 aliphatic heterocycles. The van der Waals surface area contributed by atoms with Crippen molar-refractivity contribution in [2.45, 2.75) is 37.5 Å². The summed E-state index contributed by atoms with van der Waals surface area (Å²) in [6.07, 6.45) is -0.962. The summed E-state index contributed by atoms with van der Waals surface area (Å²) < 4.78 is 39.2. The number of hydrogen-bond acceptors (Lipinski definition) is 2. The van der Waals surface area contributed by atoms with Gasteiger partial charge < -0.3 is 0 Å². The predicted molar refractivity (Wildman–Crippen MR) is 52.8 cm³/mol. The Labute approximate surface area is 91.6 Å². The molecular weight excluding hydrogens is 219 g/mol. The normalized spacial score (nSPS) is 27.0. The first-order valence-corrected chi connectivity index (χ1v) is 5.29. The molecule has 0 aliphatic carbocycles. The fraction of sp³-hybridized carbons (Fsp3) is 0.700. The molecule has 3 nitrogen and oxygen atoms in total. The first kappa shape index (κ1) is 11.4. The molecule has 0 bridgehead atoms. The SMILES string of the molecule is Cn1ccc(C2CCCC(C(F)(F)F)N2)n1. The van der Waals surface area contributed by atoms with Gasteiger partial charge in [-0.2, -0.15) is 18.3 Å². The van der Waals surface area contributed by atoms with Crippen molar-refractivity contribution < 1.29 is 13.2 Å². The van der Waals surface area contributed by atoms with E-state index >= 15 is 0 Å². The second-order valence-corrected chi connectivity index (χ2v) is 4.16. The third kappa shape index (κ3) is 2.37. The molecule has 1 saturated heterocycles. The van der Waals surface area contributed by atoms with E-state index in [1.54, 1.807) is 24.0 Å². The standard InChI is InChI=1S/C10H14F3N3/c1-16-6-5-8(15-16)7-3-2-4-9(14-7)10(11,12)13/h5-7,9,14H,2-4H2,1H3. The first-order valence-electron chi connectivity index (χ1n) is 5.29. The molecule has 2 rings (SSSR count). The molecule has 1 N–H and O–H groups in total. The minimum absolute atomic E-state index is 0.160. The topological polar surface area (TPSA) is 29.9 Å². The highest BCUT2D eigenvalue weighted by Crippen LogP contribution is 2.32. The second-order valence-electron chi connectivity index (χ2n) is 4.16. The van der Waals surface area contributed by atoms with E-state index in [9.17, 15) is 13.2 Å². The third-order valence-electron chi connectivity index (χ3n) is 2.87. The maximum absolute atomic E-state index is 12.5. The molecule has 0 saturated carbocycles. The lowest BCUT2D eigenvalue weighted by molar-refractivity contribution is -0.163. The van der Waals surface area contributed by atoms with Crippen LogP contribution >= 0.6 is 0 Å². The average Bonchev–Trinajstić information content (AvgIpc) is 2.64. The number of alkyl halides is 3. The number of halogens is 3. The van der Waals surface area contributed by atoms with Crippen LogP contribution in [0.5, 0.6) is 0 Å². The molecule has 1 aromatic heterocycles. The highest BCUT2D eigenvalue weighted by molar-refractivity contribution is 5.07. The minimum Gasteiger partial charge on any atom is -0.298 e. The number of hydrogen-bond donors (Lipinski definition) is 1. The van der Waals surface area contributed by atoms with E-state index in [0.29, 0.717) is 18.5 Å². The van der Waals surface area contributed by atoms with Gasteiger partial charge in [0.15, 0.2) is 0 Å². The summed E-state index contributed by atoms with van der Waals surface area (Å²) in [7, 11) is 1.76.